The molecular weight excluding hydrogens is 480 g/mol. The third-order valence-electron chi connectivity index (χ3n) is 7.42. The third-order valence-corrected chi connectivity index (χ3v) is 8.34. The van der Waals surface area contributed by atoms with Crippen molar-refractivity contribution < 1.29 is 9.59 Å². The highest BCUT2D eigenvalue weighted by molar-refractivity contribution is 7.07. The number of halogens is 1. The van der Waals surface area contributed by atoms with Crippen LogP contribution in [-0.4, -0.2) is 58.3 Å². The molecule has 2 aliphatic rings. The van der Waals surface area contributed by atoms with Crippen molar-refractivity contribution >= 4 is 34.8 Å². The lowest BCUT2D eigenvalue weighted by atomic mass is 9.99. The number of hydrogen-bond donors (Lipinski definition) is 1. The van der Waals surface area contributed by atoms with E-state index in [1.807, 2.05) is 13.8 Å². The molecule has 1 N–H and O–H groups in total. The van der Waals surface area contributed by atoms with Crippen LogP contribution >= 0.6 is 22.9 Å². The van der Waals surface area contributed by atoms with Gasteiger partial charge >= 0.3 is 0 Å². The molecule has 1 saturated carbocycles. The average Bonchev–Trinajstić information content (AvgIpc) is 3.47. The van der Waals surface area contributed by atoms with Crippen LogP contribution in [0.5, 0.6) is 0 Å². The predicted octanol–water partition coefficient (Wildman–Crippen LogP) is 5.22. The van der Waals surface area contributed by atoms with Gasteiger partial charge in [0.15, 0.2) is 0 Å². The quantitative estimate of drug-likeness (QED) is 0.440. The maximum atomic E-state index is 13.1. The molecule has 1 aliphatic heterocycles. The Bertz CT molecular complexity index is 993. The second kappa shape index (κ2) is 11.8. The molecule has 0 bridgehead atoms. The monoisotopic (exact) mass is 516 g/mol. The summed E-state index contributed by atoms with van der Waals surface area (Å²) >= 11 is 7.69. The molecule has 1 aliphatic carbocycles. The van der Waals surface area contributed by atoms with Gasteiger partial charge in [0.25, 0.3) is 5.91 Å². The summed E-state index contributed by atoms with van der Waals surface area (Å²) in [7, 11) is 0. The van der Waals surface area contributed by atoms with Gasteiger partial charge in [0.05, 0.1) is 11.3 Å². The maximum Gasteiger partial charge on any atom is 0.253 e. The number of aryl methyl sites for hydroxylation is 2. The number of pyridine rings is 1. The zero-order valence-corrected chi connectivity index (χ0v) is 22.6. The van der Waals surface area contributed by atoms with E-state index < -0.39 is 0 Å². The molecule has 2 aromatic rings. The van der Waals surface area contributed by atoms with Crippen LogP contribution in [-0.2, 0) is 11.3 Å². The lowest BCUT2D eigenvalue weighted by Crippen LogP contribution is -2.49. The van der Waals surface area contributed by atoms with Gasteiger partial charge in [0, 0.05) is 44.7 Å². The van der Waals surface area contributed by atoms with Gasteiger partial charge < -0.3 is 15.1 Å². The molecule has 1 atom stereocenters. The fourth-order valence-electron chi connectivity index (χ4n) is 5.12. The topological polar surface area (TPSA) is 65.5 Å². The van der Waals surface area contributed by atoms with E-state index in [-0.39, 0.29) is 5.91 Å². The number of hydrogen-bond acceptors (Lipinski definition) is 5. The first-order valence-electron chi connectivity index (χ1n) is 12.8. The number of nitrogens with one attached hydrogen (secondary N) is 1. The van der Waals surface area contributed by atoms with E-state index in [1.165, 1.54) is 18.4 Å². The number of thiophene rings is 1. The Morgan fingerprint density at radius 1 is 1.26 bits per heavy atom. The molecule has 2 amide bonds. The summed E-state index contributed by atoms with van der Waals surface area (Å²) in [5.41, 5.74) is 3.36. The number of likely N-dealkylation sites (tertiary alicyclic amines) is 1. The standard InChI is InChI=1S/C27H37ClN4O2S/c1-18-14-24(28)30-20(3)26(18)27(34)29-10-6-19(2)31-11-7-23(8-12-31)32(16-22-9-13-35-17-22)25(33)15-21-4-5-21/h9,13-14,17,19,21,23H,4-8,10-12,15-16H2,1-3H3,(H,29,34)/t19-/m1/s1. The predicted molar refractivity (Wildman–Crippen MR) is 142 cm³/mol. The molecule has 8 heteroatoms. The van der Waals surface area contributed by atoms with Crippen molar-refractivity contribution in [2.75, 3.05) is 19.6 Å². The van der Waals surface area contributed by atoms with Crippen LogP contribution in [0.1, 0.15) is 72.6 Å². The van der Waals surface area contributed by atoms with Crippen LogP contribution in [0.4, 0.5) is 0 Å². The van der Waals surface area contributed by atoms with E-state index in [0.717, 1.165) is 44.5 Å². The van der Waals surface area contributed by atoms with Crippen molar-refractivity contribution in [3.8, 4) is 0 Å². The van der Waals surface area contributed by atoms with Gasteiger partial charge in [0.2, 0.25) is 5.91 Å². The molecule has 6 nitrogen and oxygen atoms in total. The van der Waals surface area contributed by atoms with Crippen molar-refractivity contribution in [1.82, 2.24) is 20.1 Å². The van der Waals surface area contributed by atoms with Crippen LogP contribution < -0.4 is 5.32 Å². The lowest BCUT2D eigenvalue weighted by Gasteiger charge is -2.41. The number of nitrogens with zero attached hydrogens (tertiary/aromatic N) is 3. The fraction of sp³-hybridized carbons (Fsp3) is 0.593. The molecule has 35 heavy (non-hydrogen) atoms. The summed E-state index contributed by atoms with van der Waals surface area (Å²) in [5.74, 6) is 0.850. The van der Waals surface area contributed by atoms with Gasteiger partial charge in [-0.25, -0.2) is 4.98 Å². The molecule has 0 unspecified atom stereocenters. The smallest absolute Gasteiger partial charge is 0.253 e. The average molecular weight is 517 g/mol. The van der Waals surface area contributed by atoms with Crippen LogP contribution in [0.2, 0.25) is 5.15 Å². The Kier molecular flexibility index (Phi) is 8.84. The molecule has 0 spiro atoms. The molecule has 1 saturated heterocycles. The summed E-state index contributed by atoms with van der Waals surface area (Å²) in [6, 6.07) is 4.55. The van der Waals surface area contributed by atoms with Gasteiger partial charge in [-0.15, -0.1) is 0 Å². The van der Waals surface area contributed by atoms with E-state index in [9.17, 15) is 9.59 Å². The molecule has 4 rings (SSSR count). The fourth-order valence-corrected chi connectivity index (χ4v) is 6.07. The third kappa shape index (κ3) is 7.05. The first kappa shape index (κ1) is 26.1. The number of aromatic nitrogens is 1. The normalized spacial score (nSPS) is 17.8. The van der Waals surface area contributed by atoms with E-state index in [4.69, 9.17) is 11.6 Å². The van der Waals surface area contributed by atoms with Crippen LogP contribution in [0.25, 0.3) is 0 Å². The summed E-state index contributed by atoms with van der Waals surface area (Å²) in [4.78, 5) is 34.7. The molecule has 3 heterocycles. The van der Waals surface area contributed by atoms with Crippen LogP contribution in [0.15, 0.2) is 22.9 Å². The summed E-state index contributed by atoms with van der Waals surface area (Å²) in [6.07, 6.45) is 6.02. The molecule has 190 valence electrons. The molecule has 2 aromatic heterocycles. The van der Waals surface area contributed by atoms with Gasteiger partial charge in [0.1, 0.15) is 5.15 Å². The Morgan fingerprint density at radius 3 is 2.63 bits per heavy atom. The number of rotatable bonds is 10. The van der Waals surface area contributed by atoms with Crippen molar-refractivity contribution in [1.29, 1.82) is 0 Å². The van der Waals surface area contributed by atoms with Crippen molar-refractivity contribution in [2.24, 2.45) is 5.92 Å². The molecular formula is C27H37ClN4O2S. The first-order valence-corrected chi connectivity index (χ1v) is 14.1. The van der Waals surface area contributed by atoms with E-state index in [0.29, 0.717) is 53.3 Å². The van der Waals surface area contributed by atoms with Crippen LogP contribution in [0.3, 0.4) is 0 Å². The van der Waals surface area contributed by atoms with Gasteiger partial charge in [-0.05, 0) is 92.8 Å². The first-order chi connectivity index (χ1) is 16.8. The summed E-state index contributed by atoms with van der Waals surface area (Å²) in [5, 5.41) is 7.72. The summed E-state index contributed by atoms with van der Waals surface area (Å²) < 4.78 is 0. The minimum absolute atomic E-state index is 0.0895. The van der Waals surface area contributed by atoms with Crippen LogP contribution in [0, 0.1) is 19.8 Å². The largest absolute Gasteiger partial charge is 0.352 e. The Labute approximate surface area is 218 Å². The van der Waals surface area contributed by atoms with Crippen molar-refractivity contribution in [3.05, 3.63) is 50.4 Å². The molecule has 0 aromatic carbocycles. The summed E-state index contributed by atoms with van der Waals surface area (Å²) in [6.45, 7) is 9.25. The second-order valence-electron chi connectivity index (χ2n) is 10.2. The van der Waals surface area contributed by atoms with Crippen molar-refractivity contribution in [3.63, 3.8) is 0 Å². The van der Waals surface area contributed by atoms with E-state index >= 15 is 0 Å². The Hall–Kier alpha value is -1.96. The Morgan fingerprint density at radius 2 is 2.00 bits per heavy atom. The second-order valence-corrected chi connectivity index (χ2v) is 11.4. The maximum absolute atomic E-state index is 13.1. The zero-order valence-electron chi connectivity index (χ0n) is 21.1. The highest BCUT2D eigenvalue weighted by atomic mass is 35.5. The highest BCUT2D eigenvalue weighted by Crippen LogP contribution is 2.34. The number of amides is 2. The lowest BCUT2D eigenvalue weighted by molar-refractivity contribution is -0.135. The van der Waals surface area contributed by atoms with E-state index in [1.54, 1.807) is 17.4 Å². The number of piperidine rings is 1. The number of carbonyl (C=O) groups excluding carboxylic acids is 2. The van der Waals surface area contributed by atoms with Gasteiger partial charge in [-0.2, -0.15) is 11.3 Å². The highest BCUT2D eigenvalue weighted by Gasteiger charge is 2.33. The van der Waals surface area contributed by atoms with E-state index in [2.05, 4.69) is 43.9 Å². The van der Waals surface area contributed by atoms with Gasteiger partial charge in [-0.3, -0.25) is 9.59 Å². The SMILES string of the molecule is Cc1cc(Cl)nc(C)c1C(=O)NCC[C@@H](C)N1CCC(N(Cc2ccsc2)C(=O)CC2CC2)CC1. The molecule has 2 fully saturated rings. The van der Waals surface area contributed by atoms with Crippen molar-refractivity contribution in [2.45, 2.75) is 77.9 Å². The van der Waals surface area contributed by atoms with Gasteiger partial charge in [-0.1, -0.05) is 11.6 Å². The Balaban J connectivity index is 1.25. The number of carbonyl (C=O) groups is 2. The molecule has 0 radical (unpaired) electrons. The minimum Gasteiger partial charge on any atom is -0.352 e. The minimum atomic E-state index is -0.0895. The zero-order chi connectivity index (χ0) is 24.9.